The summed E-state index contributed by atoms with van der Waals surface area (Å²) in [6, 6.07) is 14.7. The van der Waals surface area contributed by atoms with Crippen molar-refractivity contribution in [1.82, 2.24) is 10.3 Å². The smallest absolute Gasteiger partial charge is 0.248 e. The van der Waals surface area contributed by atoms with Crippen LogP contribution in [0.25, 0.3) is 10.9 Å². The lowest BCUT2D eigenvalue weighted by Crippen LogP contribution is -2.31. The summed E-state index contributed by atoms with van der Waals surface area (Å²) in [5, 5.41) is 14.0. The first-order chi connectivity index (χ1) is 12.1. The molecule has 2 aromatic carbocycles. The highest BCUT2D eigenvalue weighted by Crippen LogP contribution is 2.18. The molecule has 3 N–H and O–H groups in total. The van der Waals surface area contributed by atoms with Gasteiger partial charge in [0, 0.05) is 30.1 Å². The molecule has 3 aromatic rings. The molecule has 1 heterocycles. The number of ether oxygens (including phenoxy) is 1. The Bertz CT molecular complexity index is 893. The molecule has 130 valence electrons. The van der Waals surface area contributed by atoms with Crippen molar-refractivity contribution in [1.29, 1.82) is 0 Å². The van der Waals surface area contributed by atoms with Crippen molar-refractivity contribution in [2.75, 3.05) is 13.2 Å². The third-order valence-corrected chi connectivity index (χ3v) is 3.76. The number of hydrogen-bond acceptors (Lipinski definition) is 4. The van der Waals surface area contributed by atoms with Crippen LogP contribution in [0.5, 0.6) is 5.75 Å². The van der Waals surface area contributed by atoms with E-state index >= 15 is 0 Å². The minimum absolute atomic E-state index is 0.144. The maximum Gasteiger partial charge on any atom is 0.248 e. The third-order valence-electron chi connectivity index (χ3n) is 3.76. The van der Waals surface area contributed by atoms with Gasteiger partial charge in [0.25, 0.3) is 0 Å². The molecule has 1 unspecified atom stereocenters. The standard InChI is InChI=1S/C19H19FN2O3/c20-15-4-1-13(2-5-15)10-21-11-16(23)12-25-17-6-7-18-14(9-17)3-8-19(24)22-18/h1-9,16,21,23H,10-12H2,(H,22,24). The summed E-state index contributed by atoms with van der Waals surface area (Å²) in [5.74, 6) is 0.355. The van der Waals surface area contributed by atoms with Crippen molar-refractivity contribution in [3.63, 3.8) is 0 Å². The van der Waals surface area contributed by atoms with E-state index < -0.39 is 6.10 Å². The van der Waals surface area contributed by atoms with E-state index in [2.05, 4.69) is 10.3 Å². The lowest BCUT2D eigenvalue weighted by molar-refractivity contribution is 0.106. The van der Waals surface area contributed by atoms with Gasteiger partial charge < -0.3 is 20.1 Å². The van der Waals surface area contributed by atoms with Crippen molar-refractivity contribution in [3.8, 4) is 5.75 Å². The van der Waals surface area contributed by atoms with Gasteiger partial charge in [-0.05, 0) is 42.0 Å². The number of halogens is 1. The third kappa shape index (κ3) is 4.89. The van der Waals surface area contributed by atoms with E-state index in [1.807, 2.05) is 6.07 Å². The van der Waals surface area contributed by atoms with E-state index in [0.717, 1.165) is 16.5 Å². The Balaban J connectivity index is 1.47. The quantitative estimate of drug-likeness (QED) is 0.615. The van der Waals surface area contributed by atoms with Gasteiger partial charge in [0.1, 0.15) is 24.3 Å². The highest BCUT2D eigenvalue weighted by molar-refractivity contribution is 5.79. The first-order valence-electron chi connectivity index (χ1n) is 7.99. The summed E-state index contributed by atoms with van der Waals surface area (Å²) in [6.45, 7) is 1.05. The molecule has 0 amide bonds. The van der Waals surface area contributed by atoms with E-state index in [9.17, 15) is 14.3 Å². The second-order valence-corrected chi connectivity index (χ2v) is 5.79. The Morgan fingerprint density at radius 1 is 1.12 bits per heavy atom. The van der Waals surface area contributed by atoms with Crippen molar-refractivity contribution in [2.24, 2.45) is 0 Å². The van der Waals surface area contributed by atoms with Gasteiger partial charge >= 0.3 is 0 Å². The molecule has 0 aliphatic heterocycles. The molecule has 0 aliphatic rings. The van der Waals surface area contributed by atoms with Gasteiger partial charge in [0.05, 0.1) is 0 Å². The van der Waals surface area contributed by atoms with Crippen molar-refractivity contribution >= 4 is 10.9 Å². The number of hydrogen-bond donors (Lipinski definition) is 3. The second kappa shape index (κ2) is 7.92. The summed E-state index contributed by atoms with van der Waals surface area (Å²) in [6.07, 6.45) is -0.674. The highest BCUT2D eigenvalue weighted by atomic mass is 19.1. The maximum atomic E-state index is 12.8. The average molecular weight is 342 g/mol. The fourth-order valence-electron chi connectivity index (χ4n) is 2.46. The molecular formula is C19H19FN2O3. The van der Waals surface area contributed by atoms with Gasteiger partial charge in [0.2, 0.25) is 5.56 Å². The Morgan fingerprint density at radius 3 is 2.72 bits per heavy atom. The van der Waals surface area contributed by atoms with Crippen LogP contribution in [0, 0.1) is 5.82 Å². The van der Waals surface area contributed by atoms with Crippen molar-refractivity contribution in [3.05, 3.63) is 76.3 Å². The number of aromatic amines is 1. The van der Waals surface area contributed by atoms with Crippen molar-refractivity contribution in [2.45, 2.75) is 12.6 Å². The van der Waals surface area contributed by atoms with E-state index in [-0.39, 0.29) is 18.0 Å². The van der Waals surface area contributed by atoms with Crippen LogP contribution in [0.1, 0.15) is 5.56 Å². The predicted octanol–water partition coefficient (Wildman–Crippen LogP) is 2.20. The molecule has 1 atom stereocenters. The van der Waals surface area contributed by atoms with Crippen molar-refractivity contribution < 1.29 is 14.2 Å². The first kappa shape index (κ1) is 17.1. The number of aliphatic hydroxyl groups is 1. The molecule has 3 rings (SSSR count). The summed E-state index contributed by atoms with van der Waals surface area (Å²) in [7, 11) is 0. The minimum Gasteiger partial charge on any atom is -0.491 e. The molecule has 6 heteroatoms. The first-order valence-corrected chi connectivity index (χ1v) is 7.99. The Morgan fingerprint density at radius 2 is 1.92 bits per heavy atom. The second-order valence-electron chi connectivity index (χ2n) is 5.79. The van der Waals surface area contributed by atoms with Gasteiger partial charge in [-0.1, -0.05) is 12.1 Å². The molecule has 0 radical (unpaired) electrons. The van der Waals surface area contributed by atoms with Gasteiger partial charge in [0.15, 0.2) is 0 Å². The number of benzene rings is 2. The van der Waals surface area contributed by atoms with Gasteiger partial charge in [-0.3, -0.25) is 4.79 Å². The molecule has 0 fully saturated rings. The average Bonchev–Trinajstić information content (AvgIpc) is 2.61. The van der Waals surface area contributed by atoms with Gasteiger partial charge in [-0.25, -0.2) is 4.39 Å². The van der Waals surface area contributed by atoms with Crippen LogP contribution < -0.4 is 15.6 Å². The summed E-state index contributed by atoms with van der Waals surface area (Å²) in [5.41, 5.74) is 1.53. The molecule has 5 nitrogen and oxygen atoms in total. The van der Waals surface area contributed by atoms with E-state index in [0.29, 0.717) is 18.8 Å². The lowest BCUT2D eigenvalue weighted by atomic mass is 10.2. The monoisotopic (exact) mass is 342 g/mol. The number of aliphatic hydroxyl groups excluding tert-OH is 1. The summed E-state index contributed by atoms with van der Waals surface area (Å²) < 4.78 is 18.4. The number of pyridine rings is 1. The van der Waals surface area contributed by atoms with Crippen LogP contribution in [0.15, 0.2) is 59.4 Å². The van der Waals surface area contributed by atoms with Gasteiger partial charge in [-0.2, -0.15) is 0 Å². The lowest BCUT2D eigenvalue weighted by Gasteiger charge is -2.13. The van der Waals surface area contributed by atoms with Crippen LogP contribution in [0.3, 0.4) is 0 Å². The maximum absolute atomic E-state index is 12.8. The molecule has 0 bridgehead atoms. The fraction of sp³-hybridized carbons (Fsp3) is 0.211. The fourth-order valence-corrected chi connectivity index (χ4v) is 2.46. The zero-order valence-corrected chi connectivity index (χ0v) is 13.5. The van der Waals surface area contributed by atoms with E-state index in [4.69, 9.17) is 4.74 Å². The SMILES string of the molecule is O=c1ccc2cc(OCC(O)CNCc3ccc(F)cc3)ccc2[nH]1. The minimum atomic E-state index is -0.674. The largest absolute Gasteiger partial charge is 0.491 e. The normalized spacial score (nSPS) is 12.2. The highest BCUT2D eigenvalue weighted by Gasteiger charge is 2.06. The van der Waals surface area contributed by atoms with Crippen LogP contribution in [0.2, 0.25) is 0 Å². The summed E-state index contributed by atoms with van der Waals surface area (Å²) >= 11 is 0. The topological polar surface area (TPSA) is 74.3 Å². The molecule has 0 saturated heterocycles. The molecule has 25 heavy (non-hydrogen) atoms. The number of nitrogens with one attached hydrogen (secondary N) is 2. The van der Waals surface area contributed by atoms with Crippen LogP contribution >= 0.6 is 0 Å². The van der Waals surface area contributed by atoms with Gasteiger partial charge in [-0.15, -0.1) is 0 Å². The zero-order valence-electron chi connectivity index (χ0n) is 13.5. The van der Waals surface area contributed by atoms with E-state index in [1.165, 1.54) is 18.2 Å². The number of fused-ring (bicyclic) bond motifs is 1. The van der Waals surface area contributed by atoms with E-state index in [1.54, 1.807) is 30.3 Å². The van der Waals surface area contributed by atoms with Crippen LogP contribution in [0.4, 0.5) is 4.39 Å². The number of rotatable bonds is 7. The van der Waals surface area contributed by atoms with Crippen LogP contribution in [-0.2, 0) is 6.54 Å². The zero-order chi connectivity index (χ0) is 17.6. The molecule has 1 aromatic heterocycles. The molecule has 0 aliphatic carbocycles. The number of aromatic nitrogens is 1. The number of H-pyrrole nitrogens is 1. The Hall–Kier alpha value is -2.70. The predicted molar refractivity (Wildman–Crippen MR) is 94.2 cm³/mol. The molecular weight excluding hydrogens is 323 g/mol. The Kier molecular flexibility index (Phi) is 5.42. The summed E-state index contributed by atoms with van der Waals surface area (Å²) in [4.78, 5) is 14.0. The Labute approximate surface area is 144 Å². The van der Waals surface area contributed by atoms with Crippen LogP contribution in [-0.4, -0.2) is 29.3 Å². The molecule has 0 saturated carbocycles. The molecule has 0 spiro atoms.